The van der Waals surface area contributed by atoms with E-state index in [1.807, 2.05) is 0 Å². The van der Waals surface area contributed by atoms with Crippen LogP contribution in [0, 0.1) is 12.8 Å². The molecule has 148 valence electrons. The molecule has 2 heterocycles. The van der Waals surface area contributed by atoms with Crippen molar-refractivity contribution in [3.8, 4) is 5.75 Å². The van der Waals surface area contributed by atoms with Crippen LogP contribution in [0.4, 0.5) is 5.69 Å². The number of esters is 1. The van der Waals surface area contributed by atoms with Gasteiger partial charge < -0.3 is 24.1 Å². The highest BCUT2D eigenvalue weighted by molar-refractivity contribution is 6.00. The lowest BCUT2D eigenvalue weighted by Gasteiger charge is -2.17. The molecule has 1 aliphatic heterocycles. The van der Waals surface area contributed by atoms with Crippen molar-refractivity contribution in [3.05, 3.63) is 47.4 Å². The second kappa shape index (κ2) is 8.16. The number of carbonyl (C=O) groups is 3. The van der Waals surface area contributed by atoms with Crippen LogP contribution in [0.15, 0.2) is 34.7 Å². The summed E-state index contributed by atoms with van der Waals surface area (Å²) in [5.74, 6) is 0.288. The first-order chi connectivity index (χ1) is 13.4. The Hall–Kier alpha value is -3.29. The molecule has 0 bridgehead atoms. The van der Waals surface area contributed by atoms with Crippen molar-refractivity contribution in [1.82, 2.24) is 5.32 Å². The molecule has 28 heavy (non-hydrogen) atoms. The maximum atomic E-state index is 12.5. The molecular formula is C20H22N2O6. The first-order valence-electron chi connectivity index (χ1n) is 8.82. The third-order valence-corrected chi connectivity index (χ3v) is 4.69. The summed E-state index contributed by atoms with van der Waals surface area (Å²) < 4.78 is 15.3. The van der Waals surface area contributed by atoms with Crippen LogP contribution < -0.4 is 15.0 Å². The maximum absolute atomic E-state index is 12.5. The van der Waals surface area contributed by atoms with Crippen LogP contribution in [0.5, 0.6) is 5.75 Å². The van der Waals surface area contributed by atoms with Gasteiger partial charge in [0.2, 0.25) is 11.8 Å². The summed E-state index contributed by atoms with van der Waals surface area (Å²) in [4.78, 5) is 38.0. The summed E-state index contributed by atoms with van der Waals surface area (Å²) in [5, 5.41) is 2.77. The summed E-state index contributed by atoms with van der Waals surface area (Å²) in [6.07, 6.45) is 0.141. The number of carbonyl (C=O) groups excluding carboxylic acids is 3. The Morgan fingerprint density at radius 3 is 2.61 bits per heavy atom. The van der Waals surface area contributed by atoms with E-state index in [1.165, 1.54) is 7.11 Å². The Morgan fingerprint density at radius 2 is 1.96 bits per heavy atom. The highest BCUT2D eigenvalue weighted by Gasteiger charge is 2.35. The van der Waals surface area contributed by atoms with Gasteiger partial charge in [0.25, 0.3) is 0 Å². The monoisotopic (exact) mass is 386 g/mol. The Kier molecular flexibility index (Phi) is 5.67. The van der Waals surface area contributed by atoms with Crippen LogP contribution in [0.25, 0.3) is 0 Å². The van der Waals surface area contributed by atoms with Crippen molar-refractivity contribution >= 4 is 23.5 Å². The average Bonchev–Trinajstić information content (AvgIpc) is 3.28. The fourth-order valence-electron chi connectivity index (χ4n) is 3.16. The molecule has 1 atom stereocenters. The minimum Gasteiger partial charge on any atom is -0.497 e. The molecule has 8 nitrogen and oxygen atoms in total. The van der Waals surface area contributed by atoms with Crippen molar-refractivity contribution in [3.63, 3.8) is 0 Å². The van der Waals surface area contributed by atoms with E-state index >= 15 is 0 Å². The van der Waals surface area contributed by atoms with Crippen LogP contribution in [-0.2, 0) is 20.9 Å². The number of rotatable bonds is 6. The van der Waals surface area contributed by atoms with Crippen molar-refractivity contribution in [2.24, 2.45) is 5.92 Å². The number of hydrogen-bond acceptors (Lipinski definition) is 6. The van der Waals surface area contributed by atoms with Crippen molar-refractivity contribution in [1.29, 1.82) is 0 Å². The van der Waals surface area contributed by atoms with Gasteiger partial charge in [0.15, 0.2) is 0 Å². The molecule has 1 N–H and O–H groups in total. The van der Waals surface area contributed by atoms with Crippen LogP contribution in [0.2, 0.25) is 0 Å². The number of amides is 2. The lowest BCUT2D eigenvalue weighted by atomic mass is 10.1. The Labute approximate surface area is 162 Å². The molecule has 3 rings (SSSR count). The summed E-state index contributed by atoms with van der Waals surface area (Å²) in [6.45, 7) is 2.09. The van der Waals surface area contributed by atoms with Gasteiger partial charge in [-0.15, -0.1) is 0 Å². The van der Waals surface area contributed by atoms with Gasteiger partial charge in [-0.1, -0.05) is 0 Å². The molecule has 1 fully saturated rings. The van der Waals surface area contributed by atoms with Crippen molar-refractivity contribution in [2.45, 2.75) is 19.9 Å². The van der Waals surface area contributed by atoms with E-state index < -0.39 is 11.9 Å². The molecular weight excluding hydrogens is 364 g/mol. The van der Waals surface area contributed by atoms with Gasteiger partial charge in [-0.2, -0.15) is 0 Å². The molecule has 0 spiro atoms. The highest BCUT2D eigenvalue weighted by Crippen LogP contribution is 2.27. The SMILES string of the molecule is COC(=O)c1cc(CNC(=O)C2CC(=O)N(c3ccc(OC)cc3)C2)oc1C. The number of hydrogen-bond donors (Lipinski definition) is 1. The zero-order valence-electron chi connectivity index (χ0n) is 16.0. The van der Waals surface area contributed by atoms with Crippen LogP contribution >= 0.6 is 0 Å². The van der Waals surface area contributed by atoms with E-state index in [1.54, 1.807) is 49.3 Å². The fraction of sp³-hybridized carbons (Fsp3) is 0.350. The first kappa shape index (κ1) is 19.5. The highest BCUT2D eigenvalue weighted by atomic mass is 16.5. The van der Waals surface area contributed by atoms with Crippen molar-refractivity contribution in [2.75, 3.05) is 25.7 Å². The van der Waals surface area contributed by atoms with E-state index in [0.29, 0.717) is 29.4 Å². The van der Waals surface area contributed by atoms with Gasteiger partial charge in [-0.3, -0.25) is 9.59 Å². The van der Waals surface area contributed by atoms with E-state index in [-0.39, 0.29) is 24.8 Å². The number of furan rings is 1. The number of nitrogens with zero attached hydrogens (tertiary/aromatic N) is 1. The van der Waals surface area contributed by atoms with Crippen LogP contribution in [0.1, 0.15) is 28.3 Å². The Morgan fingerprint density at radius 1 is 1.25 bits per heavy atom. The fourth-order valence-corrected chi connectivity index (χ4v) is 3.16. The smallest absolute Gasteiger partial charge is 0.341 e. The van der Waals surface area contributed by atoms with Crippen molar-refractivity contribution < 1.29 is 28.3 Å². The molecule has 1 aromatic heterocycles. The van der Waals surface area contributed by atoms with Gasteiger partial charge in [0.05, 0.1) is 26.7 Å². The molecule has 2 aromatic rings. The lowest BCUT2D eigenvalue weighted by molar-refractivity contribution is -0.126. The van der Waals surface area contributed by atoms with E-state index in [4.69, 9.17) is 9.15 Å². The number of nitrogens with one attached hydrogen (secondary N) is 1. The molecule has 1 saturated heterocycles. The Bertz CT molecular complexity index is 887. The number of aryl methyl sites for hydroxylation is 1. The van der Waals surface area contributed by atoms with E-state index in [0.717, 1.165) is 5.69 Å². The quantitative estimate of drug-likeness (QED) is 0.763. The average molecular weight is 386 g/mol. The second-order valence-electron chi connectivity index (χ2n) is 6.50. The lowest BCUT2D eigenvalue weighted by Crippen LogP contribution is -2.32. The van der Waals surface area contributed by atoms with Crippen LogP contribution in [0.3, 0.4) is 0 Å². The number of anilines is 1. The molecule has 1 aromatic carbocycles. The maximum Gasteiger partial charge on any atom is 0.341 e. The first-order valence-corrected chi connectivity index (χ1v) is 8.82. The molecule has 0 aliphatic carbocycles. The van der Waals surface area contributed by atoms with Gasteiger partial charge in [0.1, 0.15) is 22.8 Å². The predicted molar refractivity (Wildman–Crippen MR) is 100 cm³/mol. The van der Waals surface area contributed by atoms with E-state index in [2.05, 4.69) is 10.1 Å². The number of ether oxygens (including phenoxy) is 2. The summed E-state index contributed by atoms with van der Waals surface area (Å²) in [6, 6.07) is 8.67. The molecule has 0 saturated carbocycles. The number of methoxy groups -OCH3 is 2. The third kappa shape index (κ3) is 4.00. The van der Waals surface area contributed by atoms with Gasteiger partial charge >= 0.3 is 5.97 Å². The molecule has 1 unspecified atom stereocenters. The zero-order valence-corrected chi connectivity index (χ0v) is 16.0. The van der Waals surface area contributed by atoms with Gasteiger partial charge in [0, 0.05) is 18.7 Å². The summed E-state index contributed by atoms with van der Waals surface area (Å²) in [5.41, 5.74) is 1.05. The standard InChI is InChI=1S/C20H22N2O6/c1-12-17(20(25)27-3)9-16(28-12)10-21-19(24)13-8-18(23)22(11-13)14-4-6-15(26-2)7-5-14/h4-7,9,13H,8,10-11H2,1-3H3,(H,21,24). The predicted octanol–water partition coefficient (Wildman–Crippen LogP) is 2.05. The summed E-state index contributed by atoms with van der Waals surface area (Å²) >= 11 is 0. The van der Waals surface area contributed by atoms with Gasteiger partial charge in [-0.25, -0.2) is 4.79 Å². The normalized spacial score (nSPS) is 16.2. The topological polar surface area (TPSA) is 98.1 Å². The minimum atomic E-state index is -0.490. The Balaban J connectivity index is 1.59. The molecule has 0 radical (unpaired) electrons. The van der Waals surface area contributed by atoms with E-state index in [9.17, 15) is 14.4 Å². The largest absolute Gasteiger partial charge is 0.497 e. The second-order valence-corrected chi connectivity index (χ2v) is 6.50. The summed E-state index contributed by atoms with van der Waals surface area (Å²) in [7, 11) is 2.87. The van der Waals surface area contributed by atoms with Gasteiger partial charge in [-0.05, 0) is 37.3 Å². The minimum absolute atomic E-state index is 0.105. The number of benzene rings is 1. The molecule has 8 heteroatoms. The third-order valence-electron chi connectivity index (χ3n) is 4.69. The van der Waals surface area contributed by atoms with Crippen LogP contribution in [-0.4, -0.2) is 38.5 Å². The zero-order chi connectivity index (χ0) is 20.3. The molecule has 2 amide bonds. The molecule has 1 aliphatic rings.